The van der Waals surface area contributed by atoms with E-state index in [4.69, 9.17) is 5.11 Å². The van der Waals surface area contributed by atoms with Crippen LogP contribution in [0.25, 0.3) is 0 Å². The molecule has 0 unspecified atom stereocenters. The Morgan fingerprint density at radius 2 is 1.94 bits per heavy atom. The average Bonchev–Trinajstić information content (AvgIpc) is 2.29. The smallest absolute Gasteiger partial charge is 0.354 e. The molecule has 5 nitrogen and oxygen atoms in total. The van der Waals surface area contributed by atoms with E-state index in [1.54, 1.807) is 12.3 Å². The van der Waals surface area contributed by atoms with E-state index >= 15 is 0 Å². The third kappa shape index (κ3) is 2.96. The molecule has 0 spiro atoms. The van der Waals surface area contributed by atoms with Crippen LogP contribution in [0.4, 0.5) is 0 Å². The summed E-state index contributed by atoms with van der Waals surface area (Å²) in [5.41, 5.74) is 1.01. The highest BCUT2D eigenvalue weighted by atomic mass is 32.3. The van der Waals surface area contributed by atoms with E-state index in [9.17, 15) is 13.9 Å². The number of carboxylic acid groups (broad SMARTS) is 1. The van der Waals surface area contributed by atoms with E-state index in [1.807, 2.05) is 0 Å². The predicted molar refractivity (Wildman–Crippen MR) is 65.8 cm³/mol. The topological polar surface area (TPSA) is 90.7 Å². The summed E-state index contributed by atoms with van der Waals surface area (Å²) in [6.07, 6.45) is 3.01. The van der Waals surface area contributed by atoms with Crippen molar-refractivity contribution in [2.75, 3.05) is 11.5 Å². The second kappa shape index (κ2) is 4.64. The van der Waals surface area contributed by atoms with Crippen LogP contribution in [0.15, 0.2) is 18.3 Å². The molecule has 1 saturated heterocycles. The Kier molecular flexibility index (Phi) is 3.37. The van der Waals surface area contributed by atoms with Crippen LogP contribution in [0.3, 0.4) is 0 Å². The Balaban J connectivity index is 2.06. The van der Waals surface area contributed by atoms with Gasteiger partial charge < -0.3 is 5.11 Å². The van der Waals surface area contributed by atoms with Crippen LogP contribution in [0, 0.1) is 0 Å². The number of aromatic nitrogens is 1. The van der Waals surface area contributed by atoms with Crippen molar-refractivity contribution in [3.8, 4) is 0 Å². The Morgan fingerprint density at radius 1 is 1.29 bits per heavy atom. The maximum Gasteiger partial charge on any atom is 0.354 e. The lowest BCUT2D eigenvalue weighted by Crippen LogP contribution is -2.19. The van der Waals surface area contributed by atoms with Crippen molar-refractivity contribution >= 4 is 16.6 Å². The fourth-order valence-corrected chi connectivity index (χ4v) is 3.54. The Bertz CT molecular complexity index is 408. The van der Waals surface area contributed by atoms with Gasteiger partial charge in [0.1, 0.15) is 5.69 Å². The number of hydrogen-bond acceptors (Lipinski definition) is 4. The van der Waals surface area contributed by atoms with Gasteiger partial charge in [0.25, 0.3) is 0 Å². The second-order valence-electron chi connectivity index (χ2n) is 4.27. The van der Waals surface area contributed by atoms with Crippen molar-refractivity contribution in [3.05, 3.63) is 29.6 Å². The van der Waals surface area contributed by atoms with Crippen LogP contribution < -0.4 is 0 Å². The van der Waals surface area contributed by atoms with Crippen LogP contribution in [0.1, 0.15) is 34.8 Å². The predicted octanol–water partition coefficient (Wildman–Crippen LogP) is 2.41. The highest BCUT2D eigenvalue weighted by Gasteiger charge is 2.25. The minimum absolute atomic E-state index is 0.0360. The van der Waals surface area contributed by atoms with E-state index in [0.29, 0.717) is 11.5 Å². The second-order valence-corrected chi connectivity index (χ2v) is 6.69. The molecule has 1 aromatic heterocycles. The summed E-state index contributed by atoms with van der Waals surface area (Å²) < 4.78 is 19.0. The molecule has 0 amide bonds. The van der Waals surface area contributed by atoms with Gasteiger partial charge in [0, 0.05) is 17.7 Å². The quantitative estimate of drug-likeness (QED) is 0.756. The van der Waals surface area contributed by atoms with Crippen LogP contribution in [0.5, 0.6) is 0 Å². The minimum atomic E-state index is -2.36. The summed E-state index contributed by atoms with van der Waals surface area (Å²) in [5.74, 6) is 0.0797. The molecule has 17 heavy (non-hydrogen) atoms. The first-order valence-electron chi connectivity index (χ1n) is 5.41. The van der Waals surface area contributed by atoms with Crippen molar-refractivity contribution in [2.45, 2.75) is 18.8 Å². The minimum Gasteiger partial charge on any atom is -0.477 e. The molecule has 0 bridgehead atoms. The zero-order chi connectivity index (χ0) is 12.5. The number of pyridine rings is 1. The van der Waals surface area contributed by atoms with Crippen molar-refractivity contribution in [3.63, 3.8) is 0 Å². The lowest BCUT2D eigenvalue weighted by Gasteiger charge is -2.39. The van der Waals surface area contributed by atoms with Crippen LogP contribution in [-0.2, 0) is 0 Å². The van der Waals surface area contributed by atoms with E-state index in [2.05, 4.69) is 4.98 Å². The molecular formula is C11H15NO4S. The maximum atomic E-state index is 10.6. The molecule has 0 atom stereocenters. The van der Waals surface area contributed by atoms with Gasteiger partial charge in [-0.3, -0.25) is 9.11 Å². The first-order chi connectivity index (χ1) is 7.98. The highest BCUT2D eigenvalue weighted by molar-refractivity contribution is 8.24. The Labute approximate surface area is 101 Å². The SMILES string of the molecule is O=C(O)c1ccc(C2CCS(O)(O)CC2)cn1. The first kappa shape index (κ1) is 12.3. The van der Waals surface area contributed by atoms with Gasteiger partial charge in [-0.05, 0) is 30.4 Å². The van der Waals surface area contributed by atoms with Gasteiger partial charge in [-0.2, -0.15) is 10.6 Å². The van der Waals surface area contributed by atoms with E-state index < -0.39 is 16.6 Å². The molecule has 1 aliphatic heterocycles. The Hall–Kier alpha value is -1.11. The van der Waals surface area contributed by atoms with Gasteiger partial charge >= 0.3 is 5.97 Å². The molecule has 0 aromatic carbocycles. The zero-order valence-corrected chi connectivity index (χ0v) is 10.1. The van der Waals surface area contributed by atoms with Gasteiger partial charge in [-0.15, -0.1) is 0 Å². The number of aromatic carboxylic acids is 1. The van der Waals surface area contributed by atoms with Gasteiger partial charge in [-0.25, -0.2) is 9.78 Å². The monoisotopic (exact) mass is 257 g/mol. The number of rotatable bonds is 2. The van der Waals surface area contributed by atoms with Crippen LogP contribution >= 0.6 is 10.6 Å². The normalized spacial score (nSPS) is 22.0. The molecule has 0 aliphatic carbocycles. The molecule has 0 radical (unpaired) electrons. The Morgan fingerprint density at radius 3 is 2.41 bits per heavy atom. The van der Waals surface area contributed by atoms with Crippen molar-refractivity contribution < 1.29 is 19.0 Å². The van der Waals surface area contributed by atoms with Crippen LogP contribution in [-0.4, -0.2) is 36.7 Å². The molecule has 94 valence electrons. The highest BCUT2D eigenvalue weighted by Crippen LogP contribution is 2.48. The molecule has 1 aromatic rings. The summed E-state index contributed by atoms with van der Waals surface area (Å²) >= 11 is 0. The fraction of sp³-hybridized carbons (Fsp3) is 0.455. The first-order valence-corrected chi connectivity index (χ1v) is 7.29. The fourth-order valence-electron chi connectivity index (χ4n) is 2.02. The number of carbonyl (C=O) groups is 1. The van der Waals surface area contributed by atoms with E-state index in [1.165, 1.54) is 6.07 Å². The molecular weight excluding hydrogens is 242 g/mol. The van der Waals surface area contributed by atoms with Gasteiger partial charge in [0.05, 0.1) is 0 Å². The molecule has 6 heteroatoms. The summed E-state index contributed by atoms with van der Waals surface area (Å²) in [7, 11) is -2.36. The standard InChI is InChI=1S/C11H15NO4S/c13-11(14)10-2-1-9(7-12-10)8-3-5-17(15,16)6-4-8/h1-2,7-8,15-16H,3-6H2,(H,13,14). The lowest BCUT2D eigenvalue weighted by atomic mass is 9.95. The largest absolute Gasteiger partial charge is 0.477 e. The molecule has 2 rings (SSSR count). The zero-order valence-electron chi connectivity index (χ0n) is 9.24. The van der Waals surface area contributed by atoms with Gasteiger partial charge in [0.2, 0.25) is 0 Å². The lowest BCUT2D eigenvalue weighted by molar-refractivity contribution is 0.0690. The van der Waals surface area contributed by atoms with Gasteiger partial charge in [-0.1, -0.05) is 6.07 Å². The average molecular weight is 257 g/mol. The number of nitrogens with zero attached hydrogens (tertiary/aromatic N) is 1. The van der Waals surface area contributed by atoms with Gasteiger partial charge in [0.15, 0.2) is 0 Å². The molecule has 1 aliphatic rings. The molecule has 2 heterocycles. The summed E-state index contributed by atoms with van der Waals surface area (Å²) in [4.78, 5) is 14.5. The third-order valence-corrected chi connectivity index (χ3v) is 4.84. The van der Waals surface area contributed by atoms with Crippen LogP contribution in [0.2, 0.25) is 0 Å². The summed E-state index contributed by atoms with van der Waals surface area (Å²) in [6.45, 7) is 0. The van der Waals surface area contributed by atoms with Crippen molar-refractivity contribution in [1.29, 1.82) is 0 Å². The molecule has 1 fully saturated rings. The summed E-state index contributed by atoms with van der Waals surface area (Å²) in [6, 6.07) is 3.25. The third-order valence-electron chi connectivity index (χ3n) is 3.06. The number of carboxylic acids is 1. The van der Waals surface area contributed by atoms with Crippen molar-refractivity contribution in [2.24, 2.45) is 0 Å². The molecule has 0 saturated carbocycles. The van der Waals surface area contributed by atoms with E-state index in [-0.39, 0.29) is 11.6 Å². The molecule has 3 N–H and O–H groups in total. The maximum absolute atomic E-state index is 10.6. The van der Waals surface area contributed by atoms with Crippen molar-refractivity contribution in [1.82, 2.24) is 4.98 Å². The number of hydrogen-bond donors (Lipinski definition) is 3. The summed E-state index contributed by atoms with van der Waals surface area (Å²) in [5, 5.41) is 8.73. The van der Waals surface area contributed by atoms with E-state index in [0.717, 1.165) is 18.4 Å².